The number of anilines is 2. The van der Waals surface area contributed by atoms with E-state index >= 15 is 0 Å². The molecule has 0 atom stereocenters. The first kappa shape index (κ1) is 14.0. The molecular formula is C13H17N7S. The minimum absolute atomic E-state index is 0.585. The fourth-order valence-corrected chi connectivity index (χ4v) is 2.85. The second kappa shape index (κ2) is 6.66. The Morgan fingerprint density at radius 2 is 2.00 bits per heavy atom. The van der Waals surface area contributed by atoms with Gasteiger partial charge >= 0.3 is 0 Å². The van der Waals surface area contributed by atoms with Crippen molar-refractivity contribution in [2.75, 3.05) is 30.4 Å². The van der Waals surface area contributed by atoms with Gasteiger partial charge in [0.1, 0.15) is 11.4 Å². The molecule has 110 valence electrons. The van der Waals surface area contributed by atoms with Crippen molar-refractivity contribution < 1.29 is 0 Å². The number of aromatic nitrogens is 5. The highest BCUT2D eigenvalue weighted by Crippen LogP contribution is 2.25. The van der Waals surface area contributed by atoms with E-state index < -0.39 is 0 Å². The summed E-state index contributed by atoms with van der Waals surface area (Å²) in [6, 6.07) is 1.84. The Morgan fingerprint density at radius 1 is 1.14 bits per heavy atom. The van der Waals surface area contributed by atoms with Crippen LogP contribution >= 0.6 is 11.8 Å². The highest BCUT2D eigenvalue weighted by atomic mass is 32.2. The minimum atomic E-state index is 0.585. The molecule has 2 aromatic rings. The first-order valence-electron chi connectivity index (χ1n) is 6.98. The van der Waals surface area contributed by atoms with E-state index in [1.165, 1.54) is 37.4 Å². The molecule has 7 nitrogen and oxygen atoms in total. The van der Waals surface area contributed by atoms with E-state index in [0.717, 1.165) is 24.1 Å². The Bertz CT molecular complexity index is 586. The van der Waals surface area contributed by atoms with Gasteiger partial charge in [-0.1, -0.05) is 0 Å². The van der Waals surface area contributed by atoms with Crippen LogP contribution in [0.4, 0.5) is 11.9 Å². The number of nitrogens with one attached hydrogen (secondary N) is 1. The molecule has 0 aliphatic carbocycles. The van der Waals surface area contributed by atoms with E-state index in [2.05, 4.69) is 35.1 Å². The molecule has 3 heterocycles. The molecule has 0 radical (unpaired) electrons. The maximum absolute atomic E-state index is 4.57. The molecule has 0 bridgehead atoms. The third kappa shape index (κ3) is 3.57. The molecule has 0 saturated carbocycles. The number of hydrogen-bond donors (Lipinski definition) is 1. The molecule has 8 heteroatoms. The summed E-state index contributed by atoms with van der Waals surface area (Å²) >= 11 is 1.42. The SMILES string of the molecule is CNc1nc(Sc2ccncn2)nc(N2CCCCC2)n1. The summed E-state index contributed by atoms with van der Waals surface area (Å²) in [5, 5.41) is 4.47. The highest BCUT2D eigenvalue weighted by molar-refractivity contribution is 7.99. The molecule has 0 unspecified atom stereocenters. The molecule has 1 aliphatic rings. The third-order valence-corrected chi connectivity index (χ3v) is 4.03. The maximum Gasteiger partial charge on any atom is 0.231 e. The predicted molar refractivity (Wildman–Crippen MR) is 81.6 cm³/mol. The zero-order valence-electron chi connectivity index (χ0n) is 11.9. The molecular weight excluding hydrogens is 286 g/mol. The molecule has 2 aromatic heterocycles. The second-order valence-electron chi connectivity index (χ2n) is 4.69. The Morgan fingerprint density at radius 3 is 2.71 bits per heavy atom. The topological polar surface area (TPSA) is 79.7 Å². The van der Waals surface area contributed by atoms with Crippen LogP contribution < -0.4 is 10.2 Å². The monoisotopic (exact) mass is 303 g/mol. The number of rotatable bonds is 4. The van der Waals surface area contributed by atoms with Gasteiger partial charge in [-0.2, -0.15) is 15.0 Å². The molecule has 0 aromatic carbocycles. The van der Waals surface area contributed by atoms with Crippen LogP contribution in [0.5, 0.6) is 0 Å². The van der Waals surface area contributed by atoms with Crippen molar-refractivity contribution in [3.8, 4) is 0 Å². The molecule has 1 aliphatic heterocycles. The smallest absolute Gasteiger partial charge is 0.231 e. The van der Waals surface area contributed by atoms with E-state index in [4.69, 9.17) is 0 Å². The lowest BCUT2D eigenvalue weighted by Gasteiger charge is -2.26. The van der Waals surface area contributed by atoms with Gasteiger partial charge in [0.2, 0.25) is 17.1 Å². The van der Waals surface area contributed by atoms with Crippen molar-refractivity contribution in [1.29, 1.82) is 0 Å². The Balaban J connectivity index is 1.85. The van der Waals surface area contributed by atoms with Crippen LogP contribution in [0.2, 0.25) is 0 Å². The van der Waals surface area contributed by atoms with E-state index in [-0.39, 0.29) is 0 Å². The summed E-state index contributed by atoms with van der Waals surface area (Å²) in [4.78, 5) is 23.7. The fourth-order valence-electron chi connectivity index (χ4n) is 2.17. The number of hydrogen-bond acceptors (Lipinski definition) is 8. The third-order valence-electron chi connectivity index (χ3n) is 3.22. The molecule has 3 rings (SSSR count). The van der Waals surface area contributed by atoms with E-state index in [1.807, 2.05) is 13.1 Å². The lowest BCUT2D eigenvalue weighted by Crippen LogP contribution is -2.31. The molecule has 1 N–H and O–H groups in total. The standard InChI is InChI=1S/C13H17N7S/c1-14-11-17-12(20-7-3-2-4-8-20)19-13(18-11)21-10-5-6-15-9-16-10/h5-6,9H,2-4,7-8H2,1H3,(H,14,17,18,19). The van der Waals surface area contributed by atoms with Gasteiger partial charge in [0.05, 0.1) is 0 Å². The molecule has 21 heavy (non-hydrogen) atoms. The van der Waals surface area contributed by atoms with Crippen LogP contribution in [0.15, 0.2) is 28.8 Å². The van der Waals surface area contributed by atoms with Crippen molar-refractivity contribution >= 4 is 23.7 Å². The van der Waals surface area contributed by atoms with Gasteiger partial charge in [-0.15, -0.1) is 0 Å². The van der Waals surface area contributed by atoms with Gasteiger partial charge in [0.15, 0.2) is 0 Å². The summed E-state index contributed by atoms with van der Waals surface area (Å²) in [5.41, 5.74) is 0. The first-order valence-corrected chi connectivity index (χ1v) is 7.79. The molecule has 1 saturated heterocycles. The summed E-state index contributed by atoms with van der Waals surface area (Å²) in [5.74, 6) is 1.33. The van der Waals surface area contributed by atoms with Crippen molar-refractivity contribution in [1.82, 2.24) is 24.9 Å². The van der Waals surface area contributed by atoms with Gasteiger partial charge in [-0.25, -0.2) is 9.97 Å². The summed E-state index contributed by atoms with van der Waals surface area (Å²) in [6.07, 6.45) is 6.89. The summed E-state index contributed by atoms with van der Waals surface area (Å²) in [7, 11) is 1.81. The van der Waals surface area contributed by atoms with Gasteiger partial charge in [-0.05, 0) is 37.1 Å². The zero-order valence-corrected chi connectivity index (χ0v) is 12.7. The lowest BCUT2D eigenvalue weighted by atomic mass is 10.1. The number of piperidine rings is 1. The quantitative estimate of drug-likeness (QED) is 0.857. The van der Waals surface area contributed by atoms with Crippen LogP contribution in [-0.4, -0.2) is 45.1 Å². The van der Waals surface area contributed by atoms with Crippen LogP contribution in [0.25, 0.3) is 0 Å². The Kier molecular flexibility index (Phi) is 4.44. The average molecular weight is 303 g/mol. The van der Waals surface area contributed by atoms with Crippen molar-refractivity contribution in [2.45, 2.75) is 29.4 Å². The van der Waals surface area contributed by atoms with Crippen molar-refractivity contribution in [2.24, 2.45) is 0 Å². The van der Waals surface area contributed by atoms with Gasteiger partial charge in [-0.3, -0.25) is 0 Å². The van der Waals surface area contributed by atoms with E-state index in [9.17, 15) is 0 Å². The highest BCUT2D eigenvalue weighted by Gasteiger charge is 2.16. The Labute approximate surface area is 127 Å². The fraction of sp³-hybridized carbons (Fsp3) is 0.462. The van der Waals surface area contributed by atoms with Crippen LogP contribution in [0.3, 0.4) is 0 Å². The maximum atomic E-state index is 4.57. The molecule has 1 fully saturated rings. The second-order valence-corrected chi connectivity index (χ2v) is 5.68. The minimum Gasteiger partial charge on any atom is -0.357 e. The van der Waals surface area contributed by atoms with Gasteiger partial charge < -0.3 is 10.2 Å². The molecule has 0 spiro atoms. The Hall–Kier alpha value is -1.96. The predicted octanol–water partition coefficient (Wildman–Crippen LogP) is 1.84. The van der Waals surface area contributed by atoms with Gasteiger partial charge in [0, 0.05) is 26.3 Å². The van der Waals surface area contributed by atoms with Crippen molar-refractivity contribution in [3.05, 3.63) is 18.6 Å². The van der Waals surface area contributed by atoms with Crippen molar-refractivity contribution in [3.63, 3.8) is 0 Å². The van der Waals surface area contributed by atoms with Gasteiger partial charge in [0.25, 0.3) is 0 Å². The average Bonchev–Trinajstić information content (AvgIpc) is 2.56. The van der Waals surface area contributed by atoms with Crippen LogP contribution in [0, 0.1) is 0 Å². The van der Waals surface area contributed by atoms with E-state index in [0.29, 0.717) is 11.1 Å². The van der Waals surface area contributed by atoms with Crippen LogP contribution in [-0.2, 0) is 0 Å². The first-order chi connectivity index (χ1) is 10.3. The lowest BCUT2D eigenvalue weighted by molar-refractivity contribution is 0.565. The number of nitrogens with zero attached hydrogens (tertiary/aromatic N) is 6. The van der Waals surface area contributed by atoms with Crippen LogP contribution in [0.1, 0.15) is 19.3 Å². The summed E-state index contributed by atoms with van der Waals surface area (Å²) in [6.45, 7) is 2.01. The normalized spacial score (nSPS) is 15.0. The summed E-state index contributed by atoms with van der Waals surface area (Å²) < 4.78 is 0. The molecule has 0 amide bonds. The zero-order chi connectivity index (χ0) is 14.5. The largest absolute Gasteiger partial charge is 0.357 e. The van der Waals surface area contributed by atoms with E-state index in [1.54, 1.807) is 6.20 Å².